The summed E-state index contributed by atoms with van der Waals surface area (Å²) in [4.78, 5) is 10.7. The third-order valence-corrected chi connectivity index (χ3v) is 2.29. The zero-order chi connectivity index (χ0) is 10.6. The SMILES string of the molecule is CCc1nn(CCC#N)c(Cl)c1C=O. The Morgan fingerprint density at radius 2 is 2.43 bits per heavy atom. The van der Waals surface area contributed by atoms with Crippen molar-refractivity contribution in [2.75, 3.05) is 0 Å². The second-order valence-electron chi connectivity index (χ2n) is 2.75. The first-order valence-electron chi connectivity index (χ1n) is 4.31. The lowest BCUT2D eigenvalue weighted by atomic mass is 10.2. The maximum absolute atomic E-state index is 10.7. The molecule has 0 saturated heterocycles. The summed E-state index contributed by atoms with van der Waals surface area (Å²) in [6, 6.07) is 2.00. The molecule has 1 rings (SSSR count). The molecule has 1 aromatic heterocycles. The van der Waals surface area contributed by atoms with E-state index < -0.39 is 0 Å². The topological polar surface area (TPSA) is 58.7 Å². The molecule has 0 aromatic carbocycles. The standard InChI is InChI=1S/C9H10ClN3O/c1-2-8-7(6-14)9(10)13(12-8)5-3-4-11/h6H,2-3,5H2,1H3. The molecule has 0 fully saturated rings. The Bertz CT molecular complexity index is 378. The zero-order valence-electron chi connectivity index (χ0n) is 7.83. The van der Waals surface area contributed by atoms with Crippen molar-refractivity contribution in [3.05, 3.63) is 16.4 Å². The lowest BCUT2D eigenvalue weighted by Gasteiger charge is -1.96. The molecule has 0 aliphatic carbocycles. The van der Waals surface area contributed by atoms with Crippen LogP contribution >= 0.6 is 11.6 Å². The van der Waals surface area contributed by atoms with Gasteiger partial charge in [-0.3, -0.25) is 9.48 Å². The van der Waals surface area contributed by atoms with E-state index in [1.165, 1.54) is 4.68 Å². The monoisotopic (exact) mass is 211 g/mol. The van der Waals surface area contributed by atoms with Gasteiger partial charge in [-0.1, -0.05) is 18.5 Å². The maximum Gasteiger partial charge on any atom is 0.155 e. The van der Waals surface area contributed by atoms with Crippen molar-refractivity contribution in [1.82, 2.24) is 9.78 Å². The fraction of sp³-hybridized carbons (Fsp3) is 0.444. The van der Waals surface area contributed by atoms with E-state index in [0.29, 0.717) is 42.1 Å². The van der Waals surface area contributed by atoms with Crippen LogP contribution in [0.1, 0.15) is 29.4 Å². The number of nitrogens with zero attached hydrogens (tertiary/aromatic N) is 3. The Morgan fingerprint density at radius 3 is 2.86 bits per heavy atom. The normalized spacial score (nSPS) is 9.79. The van der Waals surface area contributed by atoms with Crippen LogP contribution in [-0.4, -0.2) is 16.1 Å². The van der Waals surface area contributed by atoms with Crippen LogP contribution in [0.3, 0.4) is 0 Å². The van der Waals surface area contributed by atoms with Crippen LogP contribution in [0.15, 0.2) is 0 Å². The van der Waals surface area contributed by atoms with Gasteiger partial charge in [-0.2, -0.15) is 10.4 Å². The average Bonchev–Trinajstić information content (AvgIpc) is 2.51. The van der Waals surface area contributed by atoms with E-state index in [2.05, 4.69) is 5.10 Å². The Kier molecular flexibility index (Phi) is 3.66. The van der Waals surface area contributed by atoms with Gasteiger partial charge < -0.3 is 0 Å². The average molecular weight is 212 g/mol. The van der Waals surface area contributed by atoms with Crippen molar-refractivity contribution in [3.8, 4) is 6.07 Å². The van der Waals surface area contributed by atoms with Gasteiger partial charge in [0.1, 0.15) is 5.15 Å². The summed E-state index contributed by atoms with van der Waals surface area (Å²) in [5, 5.41) is 12.9. The van der Waals surface area contributed by atoms with Gasteiger partial charge in [0, 0.05) is 0 Å². The minimum atomic E-state index is 0.326. The van der Waals surface area contributed by atoms with Gasteiger partial charge in [0.2, 0.25) is 0 Å². The summed E-state index contributed by atoms with van der Waals surface area (Å²) in [5.74, 6) is 0. The van der Waals surface area contributed by atoms with Gasteiger partial charge in [0.25, 0.3) is 0 Å². The Hall–Kier alpha value is -1.34. The number of aromatic nitrogens is 2. The Labute approximate surface area is 87.1 Å². The molecular formula is C9H10ClN3O. The van der Waals surface area contributed by atoms with Crippen molar-refractivity contribution < 1.29 is 4.79 Å². The molecule has 0 radical (unpaired) electrons. The fourth-order valence-electron chi connectivity index (χ4n) is 1.18. The first-order valence-corrected chi connectivity index (χ1v) is 4.69. The highest BCUT2D eigenvalue weighted by atomic mass is 35.5. The first kappa shape index (κ1) is 10.7. The van der Waals surface area contributed by atoms with Gasteiger partial charge in [0.05, 0.1) is 30.3 Å². The first-order chi connectivity index (χ1) is 6.74. The summed E-state index contributed by atoms with van der Waals surface area (Å²) >= 11 is 5.90. The van der Waals surface area contributed by atoms with E-state index in [4.69, 9.17) is 16.9 Å². The quantitative estimate of drug-likeness (QED) is 0.714. The van der Waals surface area contributed by atoms with Crippen LogP contribution in [0, 0.1) is 11.3 Å². The van der Waals surface area contributed by atoms with Crippen molar-refractivity contribution >= 4 is 17.9 Å². The van der Waals surface area contributed by atoms with Crippen molar-refractivity contribution in [1.29, 1.82) is 5.26 Å². The summed E-state index contributed by atoms with van der Waals surface area (Å²) in [6.07, 6.45) is 1.70. The van der Waals surface area contributed by atoms with Crippen LogP contribution < -0.4 is 0 Å². The molecule has 74 valence electrons. The number of halogens is 1. The van der Waals surface area contributed by atoms with Gasteiger partial charge in [-0.05, 0) is 6.42 Å². The number of nitriles is 1. The molecule has 0 aliphatic heterocycles. The number of hydrogen-bond acceptors (Lipinski definition) is 3. The van der Waals surface area contributed by atoms with E-state index in [-0.39, 0.29) is 0 Å². The van der Waals surface area contributed by atoms with Crippen molar-refractivity contribution in [2.24, 2.45) is 0 Å². The predicted octanol–water partition coefficient (Wildman–Crippen LogP) is 1.83. The second-order valence-corrected chi connectivity index (χ2v) is 3.11. The Morgan fingerprint density at radius 1 is 1.71 bits per heavy atom. The summed E-state index contributed by atoms with van der Waals surface area (Å²) in [5.41, 5.74) is 1.12. The van der Waals surface area contributed by atoms with Crippen LogP contribution in [0.2, 0.25) is 5.15 Å². The number of carbonyl (C=O) groups excluding carboxylic acids is 1. The summed E-state index contributed by atoms with van der Waals surface area (Å²) < 4.78 is 1.49. The molecule has 0 unspecified atom stereocenters. The molecule has 0 spiro atoms. The van der Waals surface area contributed by atoms with E-state index in [1.807, 2.05) is 13.0 Å². The number of rotatable bonds is 4. The second kappa shape index (κ2) is 4.77. The predicted molar refractivity (Wildman–Crippen MR) is 52.2 cm³/mol. The molecule has 5 heteroatoms. The fourth-order valence-corrected chi connectivity index (χ4v) is 1.46. The maximum atomic E-state index is 10.7. The van der Waals surface area contributed by atoms with E-state index in [1.54, 1.807) is 0 Å². The highest BCUT2D eigenvalue weighted by Crippen LogP contribution is 2.18. The highest BCUT2D eigenvalue weighted by molar-refractivity contribution is 6.32. The lowest BCUT2D eigenvalue weighted by Crippen LogP contribution is -1.99. The molecule has 14 heavy (non-hydrogen) atoms. The summed E-state index contributed by atoms with van der Waals surface area (Å²) in [7, 11) is 0. The van der Waals surface area contributed by atoms with E-state index in [9.17, 15) is 4.79 Å². The third kappa shape index (κ3) is 1.94. The number of hydrogen-bond donors (Lipinski definition) is 0. The van der Waals surface area contributed by atoms with Crippen molar-refractivity contribution in [2.45, 2.75) is 26.3 Å². The van der Waals surface area contributed by atoms with Gasteiger partial charge in [-0.25, -0.2) is 0 Å². The number of carbonyl (C=O) groups is 1. The van der Waals surface area contributed by atoms with E-state index in [0.717, 1.165) is 0 Å². The van der Waals surface area contributed by atoms with Crippen LogP contribution in [0.4, 0.5) is 0 Å². The van der Waals surface area contributed by atoms with Gasteiger partial charge in [0.15, 0.2) is 6.29 Å². The number of aldehydes is 1. The van der Waals surface area contributed by atoms with Crippen molar-refractivity contribution in [3.63, 3.8) is 0 Å². The summed E-state index contributed by atoms with van der Waals surface area (Å²) in [6.45, 7) is 2.33. The van der Waals surface area contributed by atoms with E-state index >= 15 is 0 Å². The minimum absolute atomic E-state index is 0.326. The zero-order valence-corrected chi connectivity index (χ0v) is 8.58. The number of aryl methyl sites for hydroxylation is 2. The smallest absolute Gasteiger partial charge is 0.155 e. The van der Waals surface area contributed by atoms with Gasteiger partial charge in [-0.15, -0.1) is 0 Å². The molecular weight excluding hydrogens is 202 g/mol. The largest absolute Gasteiger partial charge is 0.298 e. The molecule has 0 saturated carbocycles. The third-order valence-electron chi connectivity index (χ3n) is 1.89. The van der Waals surface area contributed by atoms with Crippen LogP contribution in [0.25, 0.3) is 0 Å². The van der Waals surface area contributed by atoms with Gasteiger partial charge >= 0.3 is 0 Å². The molecule has 4 nitrogen and oxygen atoms in total. The van der Waals surface area contributed by atoms with Crippen LogP contribution in [-0.2, 0) is 13.0 Å². The molecule has 0 N–H and O–H groups in total. The Balaban J connectivity index is 3.02. The molecule has 1 heterocycles. The molecule has 0 atom stereocenters. The molecule has 0 aliphatic rings. The molecule has 0 amide bonds. The molecule has 0 bridgehead atoms. The molecule has 1 aromatic rings. The minimum Gasteiger partial charge on any atom is -0.298 e. The lowest BCUT2D eigenvalue weighted by molar-refractivity contribution is 0.112. The van der Waals surface area contributed by atoms with Crippen LogP contribution in [0.5, 0.6) is 0 Å². The highest BCUT2D eigenvalue weighted by Gasteiger charge is 2.13.